The van der Waals surface area contributed by atoms with Gasteiger partial charge >= 0.3 is 0 Å². The van der Waals surface area contributed by atoms with Gasteiger partial charge in [-0.05, 0) is 49.2 Å². The van der Waals surface area contributed by atoms with Crippen LogP contribution >= 0.6 is 22.7 Å². The molecule has 0 radical (unpaired) electrons. The largest absolute Gasteiger partial charge is 0.393 e. The van der Waals surface area contributed by atoms with Gasteiger partial charge in [0.1, 0.15) is 0 Å². The Kier molecular flexibility index (Phi) is 5.38. The van der Waals surface area contributed by atoms with Crippen molar-refractivity contribution in [1.29, 1.82) is 0 Å². The number of aliphatic hydroxyl groups excluding tert-OH is 1. The smallest absolute Gasteiger partial charge is 0.0764 e. The van der Waals surface area contributed by atoms with Crippen LogP contribution in [0, 0.1) is 0 Å². The highest BCUT2D eigenvalue weighted by Gasteiger charge is 2.15. The Hall–Kier alpha value is -0.680. The van der Waals surface area contributed by atoms with Gasteiger partial charge in [0, 0.05) is 9.75 Å². The molecule has 0 spiro atoms. The standard InChI is InChI=1S/C14H19NOS2/c1-11(16)5-2-8-15-14(12-6-3-9-17-12)13-7-4-10-18-13/h3-4,6-7,9-11,14-16H,2,5,8H2,1H3. The molecular formula is C14H19NOS2. The molecule has 0 aliphatic heterocycles. The first-order valence-corrected chi connectivity index (χ1v) is 8.01. The van der Waals surface area contributed by atoms with E-state index in [9.17, 15) is 5.11 Å². The summed E-state index contributed by atoms with van der Waals surface area (Å²) in [6.45, 7) is 2.78. The van der Waals surface area contributed by atoms with Crippen molar-refractivity contribution in [1.82, 2.24) is 5.32 Å². The van der Waals surface area contributed by atoms with E-state index in [0.29, 0.717) is 6.04 Å². The number of hydrogen-bond donors (Lipinski definition) is 2. The second-order valence-corrected chi connectivity index (χ2v) is 6.37. The van der Waals surface area contributed by atoms with E-state index in [1.165, 1.54) is 9.75 Å². The molecule has 0 amide bonds. The number of nitrogens with one attached hydrogen (secondary N) is 1. The lowest BCUT2D eigenvalue weighted by molar-refractivity contribution is 0.181. The molecule has 0 aromatic carbocycles. The number of rotatable bonds is 7. The summed E-state index contributed by atoms with van der Waals surface area (Å²) >= 11 is 3.58. The van der Waals surface area contributed by atoms with Crippen molar-refractivity contribution in [3.63, 3.8) is 0 Å². The molecule has 0 bridgehead atoms. The summed E-state index contributed by atoms with van der Waals surface area (Å²) in [5.74, 6) is 0. The van der Waals surface area contributed by atoms with Gasteiger partial charge in [-0.25, -0.2) is 0 Å². The maximum atomic E-state index is 9.26. The van der Waals surface area contributed by atoms with E-state index in [-0.39, 0.29) is 6.10 Å². The minimum absolute atomic E-state index is 0.200. The zero-order valence-electron chi connectivity index (χ0n) is 10.5. The van der Waals surface area contributed by atoms with Gasteiger partial charge in [-0.1, -0.05) is 12.1 Å². The van der Waals surface area contributed by atoms with Gasteiger partial charge in [-0.2, -0.15) is 0 Å². The molecule has 4 heteroatoms. The minimum Gasteiger partial charge on any atom is -0.393 e. The van der Waals surface area contributed by atoms with E-state index in [1.54, 1.807) is 22.7 Å². The van der Waals surface area contributed by atoms with E-state index in [1.807, 2.05) is 6.92 Å². The molecule has 2 nitrogen and oxygen atoms in total. The highest BCUT2D eigenvalue weighted by atomic mass is 32.1. The first-order valence-electron chi connectivity index (χ1n) is 6.25. The molecule has 98 valence electrons. The van der Waals surface area contributed by atoms with Crippen molar-refractivity contribution in [3.8, 4) is 0 Å². The summed E-state index contributed by atoms with van der Waals surface area (Å²) in [4.78, 5) is 2.71. The average molecular weight is 281 g/mol. The third-order valence-corrected chi connectivity index (χ3v) is 4.68. The fourth-order valence-corrected chi connectivity index (χ4v) is 3.61. The maximum absolute atomic E-state index is 9.26. The monoisotopic (exact) mass is 281 g/mol. The molecule has 1 unspecified atom stereocenters. The summed E-state index contributed by atoms with van der Waals surface area (Å²) in [6, 6.07) is 8.85. The summed E-state index contributed by atoms with van der Waals surface area (Å²) < 4.78 is 0. The molecule has 2 rings (SSSR count). The van der Waals surface area contributed by atoms with E-state index in [2.05, 4.69) is 40.3 Å². The molecule has 0 saturated heterocycles. The maximum Gasteiger partial charge on any atom is 0.0764 e. The first kappa shape index (κ1) is 13.7. The predicted octanol–water partition coefficient (Wildman–Crippen LogP) is 3.65. The second kappa shape index (κ2) is 7.04. The molecule has 2 N–H and O–H groups in total. The third kappa shape index (κ3) is 3.92. The Balaban J connectivity index is 1.94. The quantitative estimate of drug-likeness (QED) is 0.759. The molecular weight excluding hydrogens is 262 g/mol. The topological polar surface area (TPSA) is 32.3 Å². The Morgan fingerprint density at radius 1 is 1.17 bits per heavy atom. The highest BCUT2D eigenvalue weighted by Crippen LogP contribution is 2.29. The first-order chi connectivity index (χ1) is 8.77. The van der Waals surface area contributed by atoms with Gasteiger partial charge in [-0.15, -0.1) is 22.7 Å². The van der Waals surface area contributed by atoms with Crippen LogP contribution < -0.4 is 5.32 Å². The van der Waals surface area contributed by atoms with Crippen LogP contribution in [0.15, 0.2) is 35.0 Å². The normalized spacial score (nSPS) is 13.1. The van der Waals surface area contributed by atoms with Crippen LogP contribution in [0.4, 0.5) is 0 Å². The zero-order chi connectivity index (χ0) is 12.8. The highest BCUT2D eigenvalue weighted by molar-refractivity contribution is 7.11. The second-order valence-electron chi connectivity index (χ2n) is 4.41. The van der Waals surface area contributed by atoms with Crippen molar-refractivity contribution >= 4 is 22.7 Å². The van der Waals surface area contributed by atoms with E-state index >= 15 is 0 Å². The number of aliphatic hydroxyl groups is 1. The number of thiophene rings is 2. The molecule has 2 aromatic rings. The summed E-state index contributed by atoms with van der Waals surface area (Å²) in [6.07, 6.45) is 1.66. The molecule has 0 aliphatic carbocycles. The summed E-state index contributed by atoms with van der Waals surface area (Å²) in [5, 5.41) is 17.1. The fourth-order valence-electron chi connectivity index (χ4n) is 1.90. The van der Waals surface area contributed by atoms with Gasteiger partial charge in [0.2, 0.25) is 0 Å². The molecule has 0 saturated carbocycles. The van der Waals surface area contributed by atoms with Gasteiger partial charge in [0.05, 0.1) is 12.1 Å². The van der Waals surface area contributed by atoms with Crippen LogP contribution in [0.5, 0.6) is 0 Å². The minimum atomic E-state index is -0.200. The Morgan fingerprint density at radius 3 is 2.22 bits per heavy atom. The molecule has 0 aliphatic rings. The number of hydrogen-bond acceptors (Lipinski definition) is 4. The van der Waals surface area contributed by atoms with E-state index in [4.69, 9.17) is 0 Å². The molecule has 18 heavy (non-hydrogen) atoms. The van der Waals surface area contributed by atoms with Crippen LogP contribution in [-0.4, -0.2) is 17.8 Å². The van der Waals surface area contributed by atoms with Crippen molar-refractivity contribution in [2.75, 3.05) is 6.54 Å². The van der Waals surface area contributed by atoms with Crippen molar-refractivity contribution in [2.24, 2.45) is 0 Å². The lowest BCUT2D eigenvalue weighted by atomic mass is 10.1. The average Bonchev–Trinajstić information content (AvgIpc) is 3.01. The summed E-state index contributed by atoms with van der Waals surface area (Å²) in [5.41, 5.74) is 0. The Bertz CT molecular complexity index is 388. The van der Waals surface area contributed by atoms with E-state index < -0.39 is 0 Å². The van der Waals surface area contributed by atoms with Crippen molar-refractivity contribution in [2.45, 2.75) is 31.9 Å². The molecule has 1 atom stereocenters. The summed E-state index contributed by atoms with van der Waals surface area (Å²) in [7, 11) is 0. The van der Waals surface area contributed by atoms with Gasteiger partial charge in [0.15, 0.2) is 0 Å². The van der Waals surface area contributed by atoms with Gasteiger partial charge in [0.25, 0.3) is 0 Å². The molecule has 2 heterocycles. The zero-order valence-corrected chi connectivity index (χ0v) is 12.1. The lowest BCUT2D eigenvalue weighted by Crippen LogP contribution is -2.22. The fraction of sp³-hybridized carbons (Fsp3) is 0.429. The SMILES string of the molecule is CC(O)CCCNC(c1cccs1)c1cccs1. The van der Waals surface area contributed by atoms with Crippen molar-refractivity contribution in [3.05, 3.63) is 44.8 Å². The predicted molar refractivity (Wildman–Crippen MR) is 79.4 cm³/mol. The van der Waals surface area contributed by atoms with Gasteiger partial charge in [-0.3, -0.25) is 0 Å². The van der Waals surface area contributed by atoms with Crippen LogP contribution in [0.1, 0.15) is 35.6 Å². The lowest BCUT2D eigenvalue weighted by Gasteiger charge is -2.16. The van der Waals surface area contributed by atoms with E-state index in [0.717, 1.165) is 19.4 Å². The molecule has 2 aromatic heterocycles. The van der Waals surface area contributed by atoms with Crippen LogP contribution in [0.3, 0.4) is 0 Å². The van der Waals surface area contributed by atoms with Crippen LogP contribution in [-0.2, 0) is 0 Å². The van der Waals surface area contributed by atoms with Crippen molar-refractivity contribution < 1.29 is 5.11 Å². The third-order valence-electron chi connectivity index (χ3n) is 2.80. The van der Waals surface area contributed by atoms with Gasteiger partial charge < -0.3 is 10.4 Å². The molecule has 0 fully saturated rings. The Morgan fingerprint density at radius 2 is 1.78 bits per heavy atom. The van der Waals surface area contributed by atoms with Crippen LogP contribution in [0.2, 0.25) is 0 Å². The Labute approximate surface area is 116 Å². The van der Waals surface area contributed by atoms with Crippen LogP contribution in [0.25, 0.3) is 0 Å².